The fourth-order valence-corrected chi connectivity index (χ4v) is 14.4. The Balaban J connectivity index is 0.971. The zero-order chi connectivity index (χ0) is 60.8. The lowest BCUT2D eigenvalue weighted by Gasteiger charge is -2.44. The molecule has 0 spiro atoms. The number of carboxylic acids is 1. The average molecular weight is 1270 g/mol. The van der Waals surface area contributed by atoms with Crippen LogP contribution in [0, 0.1) is 42.3 Å². The van der Waals surface area contributed by atoms with E-state index in [1.165, 1.54) is 65.5 Å². The Hall–Kier alpha value is -6.47. The van der Waals surface area contributed by atoms with Crippen molar-refractivity contribution in [3.05, 3.63) is 109 Å². The largest absolute Gasteiger partial charge is 0.507 e. The summed E-state index contributed by atoms with van der Waals surface area (Å²) in [4.78, 5) is 104. The van der Waals surface area contributed by atoms with Gasteiger partial charge in [-0.1, -0.05) is 68.5 Å². The number of fused-ring (bicyclic) bond motifs is 15. The highest BCUT2D eigenvalue weighted by Crippen LogP contribution is 2.54. The first-order chi connectivity index (χ1) is 39.8. The van der Waals surface area contributed by atoms with E-state index in [0.717, 1.165) is 32.1 Å². The molecule has 2 saturated carbocycles. The molecule has 22 heteroatoms. The topological polar surface area (TPSA) is 264 Å². The zero-order valence-electron chi connectivity index (χ0n) is 48.6. The van der Waals surface area contributed by atoms with Crippen molar-refractivity contribution in [2.45, 2.75) is 134 Å². The van der Waals surface area contributed by atoms with E-state index in [1.807, 2.05) is 9.47 Å². The van der Waals surface area contributed by atoms with E-state index in [9.17, 15) is 44.4 Å². The maximum Gasteiger partial charge on any atom is 0.341 e. The molecule has 2 aromatic carbocycles. The minimum atomic E-state index is -2.15. The molecule has 450 valence electrons. The van der Waals surface area contributed by atoms with Crippen molar-refractivity contribution in [3.8, 4) is 11.5 Å². The molecular weight excluding hydrogens is 1200 g/mol. The smallest absolute Gasteiger partial charge is 0.341 e. The number of hydrogen-bond acceptors (Lipinski definition) is 17. The van der Waals surface area contributed by atoms with E-state index in [1.54, 1.807) is 44.7 Å². The monoisotopic (exact) mass is 1270 g/mol. The number of carbonyl (C=O) groups is 6. The van der Waals surface area contributed by atoms with Crippen LogP contribution >= 0.6 is 22.6 Å². The number of ketones is 3. The molecule has 20 nitrogen and oxygen atoms in total. The number of aliphatic hydroxyl groups excluding tert-OH is 2. The molecule has 6 heterocycles. The third kappa shape index (κ3) is 10.4. The van der Waals surface area contributed by atoms with Crippen molar-refractivity contribution < 1.29 is 72.5 Å². The number of anilines is 1. The van der Waals surface area contributed by atoms with Crippen LogP contribution in [0.2, 0.25) is 0 Å². The number of piperazine rings is 1. The van der Waals surface area contributed by atoms with Crippen LogP contribution in [0.5, 0.6) is 11.5 Å². The van der Waals surface area contributed by atoms with Crippen LogP contribution < -0.4 is 20.4 Å². The molecule has 5 aliphatic heterocycles. The molecule has 84 heavy (non-hydrogen) atoms. The van der Waals surface area contributed by atoms with Crippen molar-refractivity contribution in [1.29, 1.82) is 0 Å². The van der Waals surface area contributed by atoms with Crippen LogP contribution in [0.4, 0.5) is 10.1 Å². The summed E-state index contributed by atoms with van der Waals surface area (Å²) < 4.78 is 42.7. The zero-order valence-corrected chi connectivity index (χ0v) is 50.8. The number of nitrogens with zero attached hydrogens (tertiary/aromatic N) is 4. The van der Waals surface area contributed by atoms with Gasteiger partial charge in [-0.3, -0.25) is 33.7 Å². The van der Waals surface area contributed by atoms with Gasteiger partial charge in [0.15, 0.2) is 0 Å². The summed E-state index contributed by atoms with van der Waals surface area (Å²) in [6.45, 7) is 14.7. The Morgan fingerprint density at radius 3 is 2.20 bits per heavy atom. The third-order valence-corrected chi connectivity index (χ3v) is 19.6. The first-order valence-corrected chi connectivity index (χ1v) is 30.3. The number of pyridine rings is 1. The summed E-state index contributed by atoms with van der Waals surface area (Å²) in [7, 11) is 1.42. The van der Waals surface area contributed by atoms with Crippen molar-refractivity contribution >= 4 is 74.4 Å². The number of aromatic nitrogens is 1. The van der Waals surface area contributed by atoms with Gasteiger partial charge in [-0.05, 0) is 64.0 Å². The number of carbonyl (C=O) groups excluding carboxylic acids is 5. The van der Waals surface area contributed by atoms with Crippen LogP contribution in [0.15, 0.2) is 64.6 Å². The number of ether oxygens (including phenoxy) is 4. The Morgan fingerprint density at radius 1 is 0.893 bits per heavy atom. The maximum atomic E-state index is 16.6. The van der Waals surface area contributed by atoms with E-state index in [0.29, 0.717) is 47.4 Å². The second-order valence-corrected chi connectivity index (χ2v) is 24.8. The van der Waals surface area contributed by atoms with Gasteiger partial charge in [0.25, 0.3) is 11.7 Å². The van der Waals surface area contributed by atoms with Gasteiger partial charge < -0.3 is 59.1 Å². The second kappa shape index (κ2) is 23.1. The van der Waals surface area contributed by atoms with Crippen LogP contribution in [0.1, 0.15) is 139 Å². The fourth-order valence-electron chi connectivity index (χ4n) is 13.7. The summed E-state index contributed by atoms with van der Waals surface area (Å²) in [6.07, 6.45) is 8.76. The number of hydrogen-bond donors (Lipinski definition) is 5. The number of aliphatic hydroxyl groups is 2. The Labute approximate surface area is 499 Å². The van der Waals surface area contributed by atoms with Gasteiger partial charge in [0.2, 0.25) is 17.0 Å². The maximum absolute atomic E-state index is 16.6. The van der Waals surface area contributed by atoms with Crippen LogP contribution in [-0.2, 0) is 28.2 Å². The molecule has 3 aromatic rings. The number of aromatic carboxylic acids is 1. The highest BCUT2D eigenvalue weighted by Gasteiger charge is 2.57. The molecule has 3 aliphatic carbocycles. The van der Waals surface area contributed by atoms with Gasteiger partial charge >= 0.3 is 17.7 Å². The Kier molecular flexibility index (Phi) is 16.7. The van der Waals surface area contributed by atoms with Crippen LogP contribution in [-0.4, -0.2) is 152 Å². The number of phenolic OH excluding ortho intramolecular Hbond substituents is 1. The lowest BCUT2D eigenvalue weighted by Crippen LogP contribution is -2.55. The summed E-state index contributed by atoms with van der Waals surface area (Å²) in [6, 6.07) is 1.21. The van der Waals surface area contributed by atoms with E-state index in [-0.39, 0.29) is 69.7 Å². The number of nitrogens with one attached hydrogen (secondary N) is 1. The summed E-state index contributed by atoms with van der Waals surface area (Å²) in [5.74, 6) is -11.4. The van der Waals surface area contributed by atoms with E-state index < -0.39 is 123 Å². The van der Waals surface area contributed by atoms with Gasteiger partial charge in [-0.2, -0.15) is 0 Å². The van der Waals surface area contributed by atoms with Crippen molar-refractivity contribution in [1.82, 2.24) is 19.7 Å². The average Bonchev–Trinajstić information content (AvgIpc) is 2.64. The lowest BCUT2D eigenvalue weighted by molar-refractivity contribution is -0.160. The lowest BCUT2D eigenvalue weighted by atomic mass is 9.78. The molecule has 8 aliphatic rings. The molecule has 4 fully saturated rings. The van der Waals surface area contributed by atoms with Crippen molar-refractivity contribution in [3.63, 3.8) is 0 Å². The number of alkyl halides is 1. The first-order valence-electron chi connectivity index (χ1n) is 28.8. The predicted molar refractivity (Wildman–Crippen MR) is 315 cm³/mol. The molecule has 5 N–H and O–H groups in total. The van der Waals surface area contributed by atoms with Crippen LogP contribution in [0.25, 0.3) is 10.9 Å². The quantitative estimate of drug-likeness (QED) is 0.0816. The van der Waals surface area contributed by atoms with E-state index >= 15 is 14.0 Å². The van der Waals surface area contributed by atoms with Gasteiger partial charge in [-0.15, -0.1) is 0 Å². The number of amides is 1. The predicted octanol–water partition coefficient (Wildman–Crippen LogP) is 7.06. The molecule has 1 amide bonds. The molecule has 5 bridgehead atoms. The number of carboxylic acid groups (broad SMARTS) is 1. The summed E-state index contributed by atoms with van der Waals surface area (Å²) in [5, 5.41) is 47.8. The van der Waals surface area contributed by atoms with E-state index in [2.05, 4.69) is 32.8 Å². The first kappa shape index (κ1) is 60.6. The number of phenols is 1. The molecule has 1 unspecified atom stereocenters. The molecule has 11 rings (SSSR count). The minimum Gasteiger partial charge on any atom is -0.507 e. The molecule has 0 radical (unpaired) electrons. The Morgan fingerprint density at radius 2 is 1.58 bits per heavy atom. The number of rotatable bonds is 9. The van der Waals surface area contributed by atoms with Gasteiger partial charge in [-0.25, -0.2) is 9.18 Å². The SMILES string of the molecule is CO[C@H]1/C=C/O[C@@]2(C)Oc3c(C)c(O)c4c(c3C2=O)C(=O)C(N2CCN(C3(C5CCN(c6c(F)cc7c(=O)c(C(=O)O)cn(C8CC8)c7c6CI)C5)CC3)CC2)=C(NC(=O)/C(C)=C\C=C\[C@H](C)[C@H](O)[C@@H](C)[C@@H](O)[C@@H](C)[C@H](OC(C)=O)[C@@H]1C)C4=O. The van der Waals surface area contributed by atoms with Gasteiger partial charge in [0.05, 0.1) is 52.5 Å². The number of allylic oxidation sites excluding steroid dienone is 4. The standard InChI is InChI=1S/C62H73FIN5O15/c1-29-11-10-12-30(2)59(78)65-46-49(66-20-22-68(23-21-66)62(17-18-62)36-15-19-67(27-36)48-39(26-64)47-38(25-41(48)63)53(74)40(60(79)80)28-69(47)37-13-14-37)55(76)43-44(54(46)75)52(73)34(6)57-45(43)58(77)61(8,84-57)82-24-16-42(81-9)31(3)56(83-35(7)70)33(5)51(72)32(4)50(29)71/h10-12,16,24-25,28-29,31-33,36-37,42,50-51,56,71-73H,13-15,17-23,26-27H2,1-9H3,(H,65,78)(H,79,80)/b11-10+,24-16+,30-12-/t29-,31+,32+,33+,36?,42-,50-,51+,56+,61-/m0/s1. The summed E-state index contributed by atoms with van der Waals surface area (Å²) >= 11 is 2.18. The number of methoxy groups -OCH3 is 1. The normalized spacial score (nSPS) is 30.9. The number of aromatic hydroxyl groups is 1. The van der Waals surface area contributed by atoms with E-state index in [4.69, 9.17) is 18.9 Å². The van der Waals surface area contributed by atoms with Crippen molar-refractivity contribution in [2.24, 2.45) is 29.6 Å². The minimum absolute atomic E-state index is 0.0105. The number of halogens is 2. The number of benzene rings is 2. The van der Waals surface area contributed by atoms with Crippen molar-refractivity contribution in [2.75, 3.05) is 51.3 Å². The molecule has 2 saturated heterocycles. The number of esters is 1. The fraction of sp³-hybridized carbons (Fsp3) is 0.532. The van der Waals surface area contributed by atoms with Gasteiger partial charge in [0.1, 0.15) is 40.4 Å². The van der Waals surface area contributed by atoms with Crippen LogP contribution in [0.3, 0.4) is 0 Å². The summed E-state index contributed by atoms with van der Waals surface area (Å²) in [5.41, 5.74) is -1.44. The molecule has 1 aromatic heterocycles. The third-order valence-electron chi connectivity index (χ3n) is 18.8. The molecule has 10 atom stereocenters. The van der Waals surface area contributed by atoms with Gasteiger partial charge in [0, 0.05) is 128 Å². The highest BCUT2D eigenvalue weighted by molar-refractivity contribution is 14.1. The number of Topliss-reactive ketones (excluding diaryl/α,β-unsaturated/α-hetero) is 3. The second-order valence-electron chi connectivity index (χ2n) is 24.1. The molecular formula is C62H73FIN5O15. The Bertz CT molecular complexity index is 3470. The highest BCUT2D eigenvalue weighted by atomic mass is 127.